The van der Waals surface area contributed by atoms with Gasteiger partial charge in [-0.15, -0.1) is 0 Å². The van der Waals surface area contributed by atoms with E-state index >= 15 is 0 Å². The minimum absolute atomic E-state index is 0.227. The molecule has 0 amide bonds. The van der Waals surface area contributed by atoms with Gasteiger partial charge in [0.05, 0.1) is 18.7 Å². The number of hydrogen-bond acceptors (Lipinski definition) is 4. The van der Waals surface area contributed by atoms with E-state index in [1.165, 1.54) is 7.11 Å². The number of nitrogens with zero attached hydrogens (tertiary/aromatic N) is 1. The van der Waals surface area contributed by atoms with E-state index in [2.05, 4.69) is 0 Å². The highest BCUT2D eigenvalue weighted by Crippen LogP contribution is 2.30. The number of nitriles is 1. The molecule has 0 aliphatic carbocycles. The van der Waals surface area contributed by atoms with E-state index in [1.54, 1.807) is 42.5 Å². The molecular formula is C22H17NO3. The largest absolute Gasteiger partial charge is 0.493 e. The third-order valence-corrected chi connectivity index (χ3v) is 3.96. The van der Waals surface area contributed by atoms with Crippen molar-refractivity contribution >= 4 is 5.78 Å². The number of carbonyl (C=O) groups excluding carboxylic acids is 1. The maximum absolute atomic E-state index is 12.7. The van der Waals surface area contributed by atoms with Crippen molar-refractivity contribution in [3.63, 3.8) is 0 Å². The standard InChI is InChI=1S/C22H17NO3/c1-25-21-13-17(22(24)19-10-6-5-9-18(19)14-23)11-12-20(21)26-15-16-7-3-2-4-8-16/h2-13H,15H2,1H3. The first kappa shape index (κ1) is 17.2. The van der Waals surface area contributed by atoms with Gasteiger partial charge in [0, 0.05) is 11.1 Å². The summed E-state index contributed by atoms with van der Waals surface area (Å²) < 4.78 is 11.2. The van der Waals surface area contributed by atoms with E-state index in [9.17, 15) is 10.1 Å². The Morgan fingerprint density at radius 1 is 0.962 bits per heavy atom. The van der Waals surface area contributed by atoms with Gasteiger partial charge in [-0.25, -0.2) is 0 Å². The summed E-state index contributed by atoms with van der Waals surface area (Å²) in [4.78, 5) is 12.7. The van der Waals surface area contributed by atoms with Crippen molar-refractivity contribution in [2.75, 3.05) is 7.11 Å². The van der Waals surface area contributed by atoms with Gasteiger partial charge in [-0.2, -0.15) is 5.26 Å². The van der Waals surface area contributed by atoms with Crippen LogP contribution in [-0.4, -0.2) is 12.9 Å². The molecule has 4 nitrogen and oxygen atoms in total. The van der Waals surface area contributed by atoms with E-state index < -0.39 is 0 Å². The van der Waals surface area contributed by atoms with Gasteiger partial charge in [-0.05, 0) is 35.9 Å². The van der Waals surface area contributed by atoms with Gasteiger partial charge in [-0.3, -0.25) is 4.79 Å². The molecule has 0 atom stereocenters. The van der Waals surface area contributed by atoms with Crippen molar-refractivity contribution in [3.05, 3.63) is 95.1 Å². The summed E-state index contributed by atoms with van der Waals surface area (Å²) in [5.74, 6) is 0.803. The van der Waals surface area contributed by atoms with Crippen molar-refractivity contribution in [3.8, 4) is 17.6 Å². The Bertz CT molecular complexity index is 959. The lowest BCUT2D eigenvalue weighted by Crippen LogP contribution is -2.05. The summed E-state index contributed by atoms with van der Waals surface area (Å²) in [7, 11) is 1.53. The lowest BCUT2D eigenvalue weighted by atomic mass is 9.99. The summed E-state index contributed by atoms with van der Waals surface area (Å²) in [6, 6.07) is 23.6. The zero-order valence-electron chi connectivity index (χ0n) is 14.3. The average Bonchev–Trinajstić information content (AvgIpc) is 2.72. The number of benzene rings is 3. The van der Waals surface area contributed by atoms with Gasteiger partial charge in [0.25, 0.3) is 0 Å². The van der Waals surface area contributed by atoms with E-state index in [0.29, 0.717) is 34.8 Å². The van der Waals surface area contributed by atoms with Gasteiger partial charge >= 0.3 is 0 Å². The van der Waals surface area contributed by atoms with Crippen LogP contribution in [0.25, 0.3) is 0 Å². The molecule has 0 unspecified atom stereocenters. The van der Waals surface area contributed by atoms with Crippen LogP contribution in [-0.2, 0) is 6.61 Å². The van der Waals surface area contributed by atoms with Gasteiger partial charge < -0.3 is 9.47 Å². The quantitative estimate of drug-likeness (QED) is 0.623. The summed E-state index contributed by atoms with van der Waals surface area (Å²) in [6.07, 6.45) is 0. The van der Waals surface area contributed by atoms with Gasteiger partial charge in [0.15, 0.2) is 17.3 Å². The Balaban J connectivity index is 1.84. The molecule has 26 heavy (non-hydrogen) atoms. The molecule has 0 aliphatic heterocycles. The molecule has 0 saturated carbocycles. The van der Waals surface area contributed by atoms with Crippen LogP contribution in [0.1, 0.15) is 27.0 Å². The zero-order valence-corrected chi connectivity index (χ0v) is 14.3. The normalized spacial score (nSPS) is 10.0. The van der Waals surface area contributed by atoms with Gasteiger partial charge in [-0.1, -0.05) is 42.5 Å². The Hall–Kier alpha value is -3.58. The van der Waals surface area contributed by atoms with Crippen molar-refractivity contribution < 1.29 is 14.3 Å². The minimum atomic E-state index is -0.227. The van der Waals surface area contributed by atoms with Crippen molar-refractivity contribution in [1.82, 2.24) is 0 Å². The number of rotatable bonds is 6. The minimum Gasteiger partial charge on any atom is -0.493 e. The Labute approximate surface area is 152 Å². The number of ketones is 1. The second-order valence-electron chi connectivity index (χ2n) is 5.63. The van der Waals surface area contributed by atoms with Crippen LogP contribution in [0.3, 0.4) is 0 Å². The maximum atomic E-state index is 12.7. The van der Waals surface area contributed by atoms with Gasteiger partial charge in [0.2, 0.25) is 0 Å². The van der Waals surface area contributed by atoms with E-state index in [1.807, 2.05) is 36.4 Å². The molecule has 4 heteroatoms. The number of hydrogen-bond donors (Lipinski definition) is 0. The molecule has 0 fully saturated rings. The molecule has 0 aromatic heterocycles. The predicted molar refractivity (Wildman–Crippen MR) is 98.4 cm³/mol. The average molecular weight is 343 g/mol. The van der Waals surface area contributed by atoms with Gasteiger partial charge in [0.1, 0.15) is 6.61 Å². The Morgan fingerprint density at radius 3 is 2.42 bits per heavy atom. The summed E-state index contributed by atoms with van der Waals surface area (Å²) in [5.41, 5.74) is 2.20. The SMILES string of the molecule is COc1cc(C(=O)c2ccccc2C#N)ccc1OCc1ccccc1. The first-order valence-electron chi connectivity index (χ1n) is 8.11. The smallest absolute Gasteiger partial charge is 0.194 e. The van der Waals surface area contributed by atoms with E-state index in [0.717, 1.165) is 5.56 Å². The fraction of sp³-hybridized carbons (Fsp3) is 0.0909. The van der Waals surface area contributed by atoms with Crippen LogP contribution < -0.4 is 9.47 Å². The second-order valence-corrected chi connectivity index (χ2v) is 5.63. The monoisotopic (exact) mass is 343 g/mol. The third kappa shape index (κ3) is 3.73. The second kappa shape index (κ2) is 8.00. The van der Waals surface area contributed by atoms with Crippen molar-refractivity contribution in [2.45, 2.75) is 6.61 Å². The molecule has 0 N–H and O–H groups in total. The molecule has 3 rings (SSSR count). The van der Waals surface area contributed by atoms with Crippen LogP contribution in [0.2, 0.25) is 0 Å². The van der Waals surface area contributed by atoms with Crippen LogP contribution >= 0.6 is 0 Å². The topological polar surface area (TPSA) is 59.3 Å². The zero-order chi connectivity index (χ0) is 18.4. The lowest BCUT2D eigenvalue weighted by Gasteiger charge is -2.12. The molecule has 0 heterocycles. The van der Waals surface area contributed by atoms with Crippen LogP contribution in [0.15, 0.2) is 72.8 Å². The molecule has 0 radical (unpaired) electrons. The highest BCUT2D eigenvalue weighted by atomic mass is 16.5. The molecule has 0 aliphatic rings. The molecule has 0 saturated heterocycles. The molecule has 0 spiro atoms. The molecule has 128 valence electrons. The highest BCUT2D eigenvalue weighted by Gasteiger charge is 2.16. The first-order chi connectivity index (χ1) is 12.7. The van der Waals surface area contributed by atoms with E-state index in [-0.39, 0.29) is 5.78 Å². The molecular weight excluding hydrogens is 326 g/mol. The maximum Gasteiger partial charge on any atom is 0.194 e. The Kier molecular flexibility index (Phi) is 5.31. The number of ether oxygens (including phenoxy) is 2. The van der Waals surface area contributed by atoms with Crippen LogP contribution in [0.5, 0.6) is 11.5 Å². The number of methoxy groups -OCH3 is 1. The summed E-state index contributed by atoms with van der Waals surface area (Å²) in [5, 5.41) is 9.19. The fourth-order valence-corrected chi connectivity index (χ4v) is 2.60. The van der Waals surface area contributed by atoms with Crippen LogP contribution in [0.4, 0.5) is 0 Å². The first-order valence-corrected chi connectivity index (χ1v) is 8.11. The predicted octanol–water partition coefficient (Wildman–Crippen LogP) is 4.38. The molecule has 3 aromatic rings. The third-order valence-electron chi connectivity index (χ3n) is 3.96. The molecule has 3 aromatic carbocycles. The number of carbonyl (C=O) groups is 1. The van der Waals surface area contributed by atoms with Crippen molar-refractivity contribution in [2.24, 2.45) is 0 Å². The van der Waals surface area contributed by atoms with Crippen LogP contribution in [0, 0.1) is 11.3 Å². The highest BCUT2D eigenvalue weighted by molar-refractivity contribution is 6.10. The lowest BCUT2D eigenvalue weighted by molar-refractivity contribution is 0.103. The van der Waals surface area contributed by atoms with E-state index in [4.69, 9.17) is 9.47 Å². The van der Waals surface area contributed by atoms with Crippen molar-refractivity contribution in [1.29, 1.82) is 5.26 Å². The fourth-order valence-electron chi connectivity index (χ4n) is 2.60. The Morgan fingerprint density at radius 2 is 1.69 bits per heavy atom. The molecule has 0 bridgehead atoms. The summed E-state index contributed by atoms with van der Waals surface area (Å²) in [6.45, 7) is 0.405. The summed E-state index contributed by atoms with van der Waals surface area (Å²) >= 11 is 0.